The molecule has 0 aliphatic carbocycles. The SMILES string of the molecule is CCOC(=O)c1cn(-c2ccc(C(F)(F)F)cc2)c2cc(-c3ccncc3)ccc2c1=O. The van der Waals surface area contributed by atoms with E-state index in [1.807, 2.05) is 0 Å². The molecule has 5 nitrogen and oxygen atoms in total. The molecule has 0 amide bonds. The van der Waals surface area contributed by atoms with Crippen LogP contribution in [0.4, 0.5) is 13.2 Å². The van der Waals surface area contributed by atoms with Crippen molar-refractivity contribution in [3.63, 3.8) is 0 Å². The van der Waals surface area contributed by atoms with E-state index in [0.29, 0.717) is 11.2 Å². The predicted molar refractivity (Wildman–Crippen MR) is 114 cm³/mol. The Hall–Kier alpha value is -3.94. The lowest BCUT2D eigenvalue weighted by Gasteiger charge is -2.15. The molecule has 0 saturated carbocycles. The number of nitrogens with zero attached hydrogens (tertiary/aromatic N) is 2. The molecule has 2 aromatic heterocycles. The summed E-state index contributed by atoms with van der Waals surface area (Å²) in [6.45, 7) is 1.70. The molecule has 0 spiro atoms. The molecule has 4 aromatic rings. The largest absolute Gasteiger partial charge is 0.462 e. The summed E-state index contributed by atoms with van der Waals surface area (Å²) < 4.78 is 45.5. The van der Waals surface area contributed by atoms with Crippen LogP contribution in [-0.2, 0) is 10.9 Å². The van der Waals surface area contributed by atoms with Gasteiger partial charge < -0.3 is 9.30 Å². The normalized spacial score (nSPS) is 11.5. The fourth-order valence-corrected chi connectivity index (χ4v) is 3.43. The second kappa shape index (κ2) is 8.30. The van der Waals surface area contributed by atoms with Gasteiger partial charge in [-0.1, -0.05) is 6.07 Å². The van der Waals surface area contributed by atoms with Gasteiger partial charge in [-0.2, -0.15) is 13.2 Å². The maximum absolute atomic E-state index is 13.0. The number of ether oxygens (including phenoxy) is 1. The number of pyridine rings is 2. The summed E-state index contributed by atoms with van der Waals surface area (Å²) in [4.78, 5) is 29.4. The van der Waals surface area contributed by atoms with Crippen LogP contribution in [-0.4, -0.2) is 22.1 Å². The van der Waals surface area contributed by atoms with Gasteiger partial charge in [0.25, 0.3) is 0 Å². The number of halogens is 3. The number of hydrogen-bond acceptors (Lipinski definition) is 4. The number of esters is 1. The minimum Gasteiger partial charge on any atom is -0.462 e. The Labute approximate surface area is 180 Å². The molecule has 2 aromatic carbocycles. The lowest BCUT2D eigenvalue weighted by molar-refractivity contribution is -0.137. The average molecular weight is 438 g/mol. The van der Waals surface area contributed by atoms with Gasteiger partial charge in [-0.3, -0.25) is 9.78 Å². The summed E-state index contributed by atoms with van der Waals surface area (Å²) in [5, 5.41) is 0.244. The first-order valence-corrected chi connectivity index (χ1v) is 9.74. The van der Waals surface area contributed by atoms with Crippen LogP contribution in [0.2, 0.25) is 0 Å². The van der Waals surface area contributed by atoms with Gasteiger partial charge in [0.05, 0.1) is 17.7 Å². The highest BCUT2D eigenvalue weighted by atomic mass is 19.4. The van der Waals surface area contributed by atoms with E-state index >= 15 is 0 Å². The molecule has 0 fully saturated rings. The fourth-order valence-electron chi connectivity index (χ4n) is 3.43. The summed E-state index contributed by atoms with van der Waals surface area (Å²) in [6, 6.07) is 13.2. The molecule has 32 heavy (non-hydrogen) atoms. The number of aromatic nitrogens is 2. The minimum absolute atomic E-state index is 0.0809. The van der Waals surface area contributed by atoms with Crippen LogP contribution in [0.5, 0.6) is 0 Å². The van der Waals surface area contributed by atoms with Crippen molar-refractivity contribution in [3.05, 3.63) is 94.5 Å². The number of alkyl halides is 3. The van der Waals surface area contributed by atoms with Crippen LogP contribution in [0.15, 0.2) is 78.0 Å². The Kier molecular flexibility index (Phi) is 5.52. The van der Waals surface area contributed by atoms with Crippen LogP contribution in [0.25, 0.3) is 27.7 Å². The molecule has 0 aliphatic rings. The van der Waals surface area contributed by atoms with E-state index in [0.717, 1.165) is 23.3 Å². The van der Waals surface area contributed by atoms with Crippen molar-refractivity contribution >= 4 is 16.9 Å². The van der Waals surface area contributed by atoms with Crippen molar-refractivity contribution in [3.8, 4) is 16.8 Å². The van der Waals surface area contributed by atoms with Crippen LogP contribution in [0, 0.1) is 0 Å². The lowest BCUT2D eigenvalue weighted by atomic mass is 10.0. The summed E-state index contributed by atoms with van der Waals surface area (Å²) in [5.41, 5.74) is 0.928. The first-order valence-electron chi connectivity index (χ1n) is 9.74. The van der Waals surface area contributed by atoms with E-state index in [1.165, 1.54) is 22.9 Å². The summed E-state index contributed by atoms with van der Waals surface area (Å²) in [6.07, 6.45) is 0.0922. The van der Waals surface area contributed by atoms with Gasteiger partial charge in [-0.25, -0.2) is 4.79 Å². The first kappa shape index (κ1) is 21.3. The highest BCUT2D eigenvalue weighted by Crippen LogP contribution is 2.31. The van der Waals surface area contributed by atoms with Crippen molar-refractivity contribution in [1.82, 2.24) is 9.55 Å². The number of fused-ring (bicyclic) bond motifs is 1. The maximum Gasteiger partial charge on any atom is 0.416 e. The van der Waals surface area contributed by atoms with Gasteiger partial charge >= 0.3 is 12.1 Å². The van der Waals surface area contributed by atoms with E-state index in [9.17, 15) is 22.8 Å². The van der Waals surface area contributed by atoms with Crippen LogP contribution < -0.4 is 5.43 Å². The van der Waals surface area contributed by atoms with Gasteiger partial charge in [-0.05, 0) is 66.6 Å². The van der Waals surface area contributed by atoms with Gasteiger partial charge in [0.1, 0.15) is 5.56 Å². The zero-order chi connectivity index (χ0) is 22.9. The summed E-state index contributed by atoms with van der Waals surface area (Å²) in [7, 11) is 0. The number of carbonyl (C=O) groups is 1. The molecule has 162 valence electrons. The number of carbonyl (C=O) groups excluding carboxylic acids is 1. The van der Waals surface area contributed by atoms with Crippen molar-refractivity contribution in [2.45, 2.75) is 13.1 Å². The van der Waals surface area contributed by atoms with E-state index in [-0.39, 0.29) is 17.6 Å². The minimum atomic E-state index is -4.48. The molecule has 2 heterocycles. The van der Waals surface area contributed by atoms with Crippen molar-refractivity contribution in [1.29, 1.82) is 0 Å². The zero-order valence-corrected chi connectivity index (χ0v) is 16.9. The molecule has 0 saturated heterocycles. The molecule has 0 N–H and O–H groups in total. The standard InChI is InChI=1S/C24H17F3N2O3/c1-2-32-23(31)20-14-29(18-6-4-17(5-7-18)24(25,26)27)21-13-16(3-8-19(21)22(20)30)15-9-11-28-12-10-15/h3-14H,2H2,1H3. The number of benzene rings is 2. The smallest absolute Gasteiger partial charge is 0.416 e. The zero-order valence-electron chi connectivity index (χ0n) is 16.9. The van der Waals surface area contributed by atoms with Crippen LogP contribution in [0.1, 0.15) is 22.8 Å². The first-order chi connectivity index (χ1) is 15.3. The summed E-state index contributed by atoms with van der Waals surface area (Å²) in [5.74, 6) is -0.793. The van der Waals surface area contributed by atoms with E-state index in [4.69, 9.17) is 4.74 Å². The van der Waals surface area contributed by atoms with Crippen LogP contribution >= 0.6 is 0 Å². The topological polar surface area (TPSA) is 61.2 Å². The molecule has 0 bridgehead atoms. The molecule has 0 aliphatic heterocycles. The van der Waals surface area contributed by atoms with E-state index < -0.39 is 23.1 Å². The second-order valence-electron chi connectivity index (χ2n) is 6.97. The molecular weight excluding hydrogens is 421 g/mol. The lowest BCUT2D eigenvalue weighted by Crippen LogP contribution is -2.20. The Bertz CT molecular complexity index is 1350. The highest BCUT2D eigenvalue weighted by Gasteiger charge is 2.30. The quantitative estimate of drug-likeness (QED) is 0.409. The van der Waals surface area contributed by atoms with Crippen LogP contribution in [0.3, 0.4) is 0 Å². The van der Waals surface area contributed by atoms with Crippen molar-refractivity contribution in [2.24, 2.45) is 0 Å². The molecule has 0 unspecified atom stereocenters. The molecule has 0 atom stereocenters. The van der Waals surface area contributed by atoms with Gasteiger partial charge in [0.15, 0.2) is 0 Å². The Balaban J connectivity index is 1.98. The van der Waals surface area contributed by atoms with Crippen molar-refractivity contribution in [2.75, 3.05) is 6.61 Å². The Morgan fingerprint density at radius 3 is 2.31 bits per heavy atom. The van der Waals surface area contributed by atoms with Gasteiger partial charge in [-0.15, -0.1) is 0 Å². The van der Waals surface area contributed by atoms with E-state index in [2.05, 4.69) is 4.98 Å². The molecule has 8 heteroatoms. The van der Waals surface area contributed by atoms with Crippen molar-refractivity contribution < 1.29 is 22.7 Å². The predicted octanol–water partition coefficient (Wildman–Crippen LogP) is 5.25. The third-order valence-corrected chi connectivity index (χ3v) is 4.99. The van der Waals surface area contributed by atoms with Gasteiger partial charge in [0.2, 0.25) is 5.43 Å². The third-order valence-electron chi connectivity index (χ3n) is 4.99. The maximum atomic E-state index is 13.0. The summed E-state index contributed by atoms with van der Waals surface area (Å²) >= 11 is 0. The Morgan fingerprint density at radius 1 is 1.00 bits per heavy atom. The Morgan fingerprint density at radius 2 is 1.69 bits per heavy atom. The molecule has 0 radical (unpaired) electrons. The monoisotopic (exact) mass is 438 g/mol. The van der Waals surface area contributed by atoms with E-state index in [1.54, 1.807) is 49.6 Å². The number of rotatable bonds is 4. The second-order valence-corrected chi connectivity index (χ2v) is 6.97. The molecular formula is C24H17F3N2O3. The average Bonchev–Trinajstić information content (AvgIpc) is 2.79. The number of hydrogen-bond donors (Lipinski definition) is 0. The van der Waals surface area contributed by atoms with Gasteiger partial charge in [0, 0.05) is 29.7 Å². The third kappa shape index (κ3) is 3.99. The fraction of sp³-hybridized carbons (Fsp3) is 0.125. The highest BCUT2D eigenvalue weighted by molar-refractivity contribution is 5.95. The molecule has 4 rings (SSSR count).